The van der Waals surface area contributed by atoms with Crippen LogP contribution in [0, 0.1) is 6.92 Å². The van der Waals surface area contributed by atoms with Crippen LogP contribution in [0.25, 0.3) is 0 Å². The molecule has 1 unspecified atom stereocenters. The van der Waals surface area contributed by atoms with Gasteiger partial charge in [-0.15, -0.1) is 0 Å². The van der Waals surface area contributed by atoms with Gasteiger partial charge in [-0.2, -0.15) is 0 Å². The van der Waals surface area contributed by atoms with Gasteiger partial charge in [0.15, 0.2) is 0 Å². The van der Waals surface area contributed by atoms with Crippen molar-refractivity contribution in [2.45, 2.75) is 13.0 Å². The van der Waals surface area contributed by atoms with E-state index in [1.54, 1.807) is 30.2 Å². The van der Waals surface area contributed by atoms with Crippen LogP contribution in [0.5, 0.6) is 11.5 Å². The Bertz CT molecular complexity index is 1150. The lowest BCUT2D eigenvalue weighted by atomic mass is 9.98. The highest BCUT2D eigenvalue weighted by molar-refractivity contribution is 9.10. The maximum absolute atomic E-state index is 13.9. The van der Waals surface area contributed by atoms with E-state index >= 15 is 0 Å². The van der Waals surface area contributed by atoms with E-state index in [-0.39, 0.29) is 18.4 Å². The van der Waals surface area contributed by atoms with Gasteiger partial charge in [-0.3, -0.25) is 19.4 Å². The summed E-state index contributed by atoms with van der Waals surface area (Å²) in [5.41, 5.74) is 2.97. The fourth-order valence-corrected chi connectivity index (χ4v) is 4.10. The Hall–Kier alpha value is -3.32. The van der Waals surface area contributed by atoms with E-state index < -0.39 is 6.04 Å². The molecular weight excluding hydrogens is 472 g/mol. The molecule has 3 aromatic rings. The molecule has 4 rings (SSSR count). The minimum atomic E-state index is -0.811. The van der Waals surface area contributed by atoms with Crippen LogP contribution in [-0.4, -0.2) is 32.6 Å². The van der Waals surface area contributed by atoms with Crippen LogP contribution < -0.4 is 19.3 Å². The third kappa shape index (κ3) is 4.08. The maximum atomic E-state index is 13.9. The molecule has 1 heterocycles. The molecular formula is C25H23BrN2O4. The average Bonchev–Trinajstić information content (AvgIpc) is 2.81. The van der Waals surface area contributed by atoms with Crippen molar-refractivity contribution in [2.75, 3.05) is 30.6 Å². The maximum Gasteiger partial charge on any atom is 0.255 e. The fraction of sp³-hybridized carbons (Fsp3) is 0.200. The Balaban J connectivity index is 1.84. The minimum Gasteiger partial charge on any atom is -0.497 e. The minimum absolute atomic E-state index is 0.110. The fourth-order valence-electron chi connectivity index (χ4n) is 3.84. The number of carbonyl (C=O) groups is 2. The van der Waals surface area contributed by atoms with Crippen LogP contribution in [0.3, 0.4) is 0 Å². The van der Waals surface area contributed by atoms with Crippen molar-refractivity contribution in [3.63, 3.8) is 0 Å². The van der Waals surface area contributed by atoms with Gasteiger partial charge in [-0.25, -0.2) is 0 Å². The van der Waals surface area contributed by atoms with E-state index in [4.69, 9.17) is 9.47 Å². The smallest absolute Gasteiger partial charge is 0.255 e. The number of rotatable bonds is 5. The Labute approximate surface area is 195 Å². The second-order valence-electron chi connectivity index (χ2n) is 7.52. The zero-order chi connectivity index (χ0) is 22.8. The third-order valence-corrected chi connectivity index (χ3v) is 6.02. The van der Waals surface area contributed by atoms with E-state index in [1.165, 1.54) is 12.0 Å². The van der Waals surface area contributed by atoms with Crippen LogP contribution in [0.2, 0.25) is 0 Å². The highest BCUT2D eigenvalue weighted by Crippen LogP contribution is 2.39. The first kappa shape index (κ1) is 21.9. The number of nitrogens with zero attached hydrogens (tertiary/aromatic N) is 2. The molecule has 0 N–H and O–H groups in total. The summed E-state index contributed by atoms with van der Waals surface area (Å²) >= 11 is 3.43. The highest BCUT2D eigenvalue weighted by Gasteiger charge is 2.42. The van der Waals surface area contributed by atoms with Crippen LogP contribution in [0.1, 0.15) is 17.2 Å². The number of piperazine rings is 1. The van der Waals surface area contributed by atoms with Gasteiger partial charge >= 0.3 is 0 Å². The predicted octanol–water partition coefficient (Wildman–Crippen LogP) is 4.90. The molecule has 0 bridgehead atoms. The zero-order valence-corrected chi connectivity index (χ0v) is 19.6. The van der Waals surface area contributed by atoms with E-state index in [9.17, 15) is 9.59 Å². The number of aryl methyl sites for hydroxylation is 1. The summed E-state index contributed by atoms with van der Waals surface area (Å²) in [6.07, 6.45) is 0. The lowest BCUT2D eigenvalue weighted by Gasteiger charge is -2.40. The number of ether oxygens (including phenoxy) is 2. The van der Waals surface area contributed by atoms with Crippen molar-refractivity contribution in [3.05, 3.63) is 82.3 Å². The van der Waals surface area contributed by atoms with Crippen LogP contribution >= 0.6 is 15.9 Å². The van der Waals surface area contributed by atoms with Crippen LogP contribution in [-0.2, 0) is 9.59 Å². The first-order chi connectivity index (χ1) is 15.4. The SMILES string of the molecule is COc1ccc(OC)c(N2CC(=O)N(c3ccc(Br)cc3)C(c3ccc(C)cc3)C2=O)c1. The molecule has 1 fully saturated rings. The van der Waals surface area contributed by atoms with Crippen molar-refractivity contribution in [1.29, 1.82) is 0 Å². The number of halogens is 1. The Morgan fingerprint density at radius 3 is 2.22 bits per heavy atom. The first-order valence-corrected chi connectivity index (χ1v) is 10.9. The Morgan fingerprint density at radius 2 is 1.59 bits per heavy atom. The molecule has 7 heteroatoms. The summed E-state index contributed by atoms with van der Waals surface area (Å²) in [7, 11) is 3.09. The molecule has 1 saturated heterocycles. The summed E-state index contributed by atoms with van der Waals surface area (Å²) < 4.78 is 11.7. The monoisotopic (exact) mass is 494 g/mol. The van der Waals surface area contributed by atoms with Crippen molar-refractivity contribution in [3.8, 4) is 11.5 Å². The molecule has 3 aromatic carbocycles. The highest BCUT2D eigenvalue weighted by atomic mass is 79.9. The van der Waals surface area contributed by atoms with Gasteiger partial charge < -0.3 is 9.47 Å². The molecule has 1 atom stereocenters. The normalized spacial score (nSPS) is 16.3. The van der Waals surface area contributed by atoms with E-state index in [1.807, 2.05) is 55.5 Å². The summed E-state index contributed by atoms with van der Waals surface area (Å²) in [5.74, 6) is 0.653. The molecule has 32 heavy (non-hydrogen) atoms. The summed E-state index contributed by atoms with van der Waals surface area (Å²) in [4.78, 5) is 30.4. The second kappa shape index (κ2) is 9.04. The van der Waals surface area contributed by atoms with Gasteiger partial charge in [-0.1, -0.05) is 45.8 Å². The molecule has 0 radical (unpaired) electrons. The average molecular weight is 495 g/mol. The Kier molecular flexibility index (Phi) is 6.19. The summed E-state index contributed by atoms with van der Waals surface area (Å²) in [5, 5.41) is 0. The van der Waals surface area contributed by atoms with Crippen molar-refractivity contribution in [2.24, 2.45) is 0 Å². The predicted molar refractivity (Wildman–Crippen MR) is 127 cm³/mol. The van der Waals surface area contributed by atoms with Crippen LogP contribution in [0.15, 0.2) is 71.2 Å². The lowest BCUT2D eigenvalue weighted by Crippen LogP contribution is -2.56. The number of hydrogen-bond acceptors (Lipinski definition) is 4. The number of carbonyl (C=O) groups excluding carboxylic acids is 2. The van der Waals surface area contributed by atoms with Gasteiger partial charge in [-0.05, 0) is 48.9 Å². The van der Waals surface area contributed by atoms with Gasteiger partial charge in [0.05, 0.1) is 19.9 Å². The number of methoxy groups -OCH3 is 2. The topological polar surface area (TPSA) is 59.1 Å². The zero-order valence-electron chi connectivity index (χ0n) is 18.0. The van der Waals surface area contributed by atoms with Gasteiger partial charge in [0.2, 0.25) is 5.91 Å². The largest absolute Gasteiger partial charge is 0.497 e. The first-order valence-electron chi connectivity index (χ1n) is 10.1. The standard InChI is InChI=1S/C25H23BrN2O4/c1-16-4-6-17(7-5-16)24-25(30)27(21-14-20(31-2)12-13-22(21)32-3)15-23(29)28(24)19-10-8-18(26)9-11-19/h4-14,24H,15H2,1-3H3. The quantitative estimate of drug-likeness (QED) is 0.506. The molecule has 0 aromatic heterocycles. The molecule has 0 spiro atoms. The molecule has 0 aliphatic carbocycles. The van der Waals surface area contributed by atoms with Gasteiger partial charge in [0.1, 0.15) is 24.1 Å². The molecule has 6 nitrogen and oxygen atoms in total. The second-order valence-corrected chi connectivity index (χ2v) is 8.43. The number of amides is 2. The van der Waals surface area contributed by atoms with Crippen molar-refractivity contribution >= 4 is 39.1 Å². The van der Waals surface area contributed by atoms with Crippen molar-refractivity contribution in [1.82, 2.24) is 0 Å². The Morgan fingerprint density at radius 1 is 0.906 bits per heavy atom. The van der Waals surface area contributed by atoms with E-state index in [0.717, 1.165) is 15.6 Å². The van der Waals surface area contributed by atoms with E-state index in [0.29, 0.717) is 22.9 Å². The van der Waals surface area contributed by atoms with Crippen molar-refractivity contribution < 1.29 is 19.1 Å². The lowest BCUT2D eigenvalue weighted by molar-refractivity contribution is -0.128. The number of hydrogen-bond donors (Lipinski definition) is 0. The summed E-state index contributed by atoms with van der Waals surface area (Å²) in [6.45, 7) is 1.87. The number of anilines is 2. The van der Waals surface area contributed by atoms with Gasteiger partial charge in [0.25, 0.3) is 5.91 Å². The molecule has 1 aliphatic rings. The molecule has 164 valence electrons. The molecule has 2 amide bonds. The van der Waals surface area contributed by atoms with E-state index in [2.05, 4.69) is 15.9 Å². The van der Waals surface area contributed by atoms with Gasteiger partial charge in [0, 0.05) is 16.2 Å². The number of benzene rings is 3. The molecule has 1 aliphatic heterocycles. The third-order valence-electron chi connectivity index (χ3n) is 5.49. The summed E-state index contributed by atoms with van der Waals surface area (Å²) in [6, 6.07) is 19.4. The molecule has 0 saturated carbocycles. The van der Waals surface area contributed by atoms with Crippen LogP contribution in [0.4, 0.5) is 11.4 Å².